The van der Waals surface area contributed by atoms with Crippen molar-refractivity contribution in [2.24, 2.45) is 5.73 Å². The number of amides is 1. The summed E-state index contributed by atoms with van der Waals surface area (Å²) in [7, 11) is 0. The van der Waals surface area contributed by atoms with Crippen LogP contribution in [0.15, 0.2) is 6.07 Å². The number of carbonyl (C=O) groups excluding carboxylic acids is 2. The molecule has 0 saturated carbocycles. The molecule has 3 N–H and O–H groups in total. The summed E-state index contributed by atoms with van der Waals surface area (Å²) in [6, 6.07) is 1.75. The first-order valence-electron chi connectivity index (χ1n) is 6.19. The third-order valence-corrected chi connectivity index (χ3v) is 3.63. The minimum atomic E-state index is -0.998. The van der Waals surface area contributed by atoms with Gasteiger partial charge in [0.05, 0.1) is 17.7 Å². The quantitative estimate of drug-likeness (QED) is 0.812. The molecule has 1 amide bonds. The third kappa shape index (κ3) is 4.04. The summed E-state index contributed by atoms with van der Waals surface area (Å²) in [5.74, 6) is -0.758. The van der Waals surface area contributed by atoms with Crippen LogP contribution in [0, 0.1) is 0 Å². The molecule has 1 aromatic heterocycles. The molecule has 0 aromatic carbocycles. The van der Waals surface area contributed by atoms with Crippen LogP contribution in [0.3, 0.4) is 0 Å². The topological polar surface area (TPSA) is 81.4 Å². The van der Waals surface area contributed by atoms with Gasteiger partial charge in [-0.3, -0.25) is 4.79 Å². The van der Waals surface area contributed by atoms with Crippen molar-refractivity contribution in [3.63, 3.8) is 0 Å². The zero-order chi connectivity index (χ0) is 14.6. The lowest BCUT2D eigenvalue weighted by atomic mass is 10.1. The Hall–Kier alpha value is -1.40. The maximum Gasteiger partial charge on any atom is 0.341 e. The molecule has 106 valence electrons. The zero-order valence-corrected chi connectivity index (χ0v) is 12.5. The first kappa shape index (κ1) is 15.7. The summed E-state index contributed by atoms with van der Waals surface area (Å²) in [4.78, 5) is 24.7. The Kier molecular flexibility index (Phi) is 5.08. The van der Waals surface area contributed by atoms with E-state index in [-0.39, 0.29) is 5.91 Å². The molecular formula is C13H20N2O3S. The van der Waals surface area contributed by atoms with Gasteiger partial charge in [0.2, 0.25) is 5.91 Å². The number of hydrogen-bond donors (Lipinski definition) is 2. The van der Waals surface area contributed by atoms with Crippen molar-refractivity contribution in [3.8, 4) is 0 Å². The van der Waals surface area contributed by atoms with Crippen molar-refractivity contribution < 1.29 is 14.3 Å². The summed E-state index contributed by atoms with van der Waals surface area (Å²) in [5, 5.41) is 3.20. The number of rotatable bonds is 5. The average molecular weight is 284 g/mol. The van der Waals surface area contributed by atoms with Crippen LogP contribution in [0.25, 0.3) is 0 Å². The first-order chi connectivity index (χ1) is 8.79. The summed E-state index contributed by atoms with van der Waals surface area (Å²) in [6.07, 6.45) is 0.791. The van der Waals surface area contributed by atoms with Crippen LogP contribution in [0.1, 0.15) is 42.9 Å². The first-order valence-corrected chi connectivity index (χ1v) is 7.01. The Bertz CT molecular complexity index is 475. The Morgan fingerprint density at radius 1 is 1.42 bits per heavy atom. The highest BCUT2D eigenvalue weighted by molar-refractivity contribution is 7.16. The predicted molar refractivity (Wildman–Crippen MR) is 76.5 cm³/mol. The molecule has 0 fully saturated rings. The van der Waals surface area contributed by atoms with Gasteiger partial charge in [-0.1, -0.05) is 6.92 Å². The van der Waals surface area contributed by atoms with Gasteiger partial charge >= 0.3 is 5.97 Å². The fraction of sp³-hybridized carbons (Fsp3) is 0.538. The normalized spacial score (nSPS) is 11.2. The molecule has 0 aliphatic heterocycles. The van der Waals surface area contributed by atoms with Gasteiger partial charge in [0.15, 0.2) is 0 Å². The van der Waals surface area contributed by atoms with Gasteiger partial charge in [0, 0.05) is 4.88 Å². The highest BCUT2D eigenvalue weighted by atomic mass is 32.1. The number of aryl methyl sites for hydroxylation is 1. The Balaban J connectivity index is 3.02. The number of anilines is 1. The second-order valence-electron chi connectivity index (χ2n) is 4.71. The van der Waals surface area contributed by atoms with Crippen molar-refractivity contribution in [3.05, 3.63) is 16.5 Å². The average Bonchev–Trinajstić information content (AvgIpc) is 2.71. The van der Waals surface area contributed by atoms with E-state index in [0.717, 1.165) is 11.3 Å². The minimum absolute atomic E-state index is 0.298. The maximum atomic E-state index is 11.9. The Morgan fingerprint density at radius 2 is 2.05 bits per heavy atom. The van der Waals surface area contributed by atoms with Crippen LogP contribution < -0.4 is 11.1 Å². The highest BCUT2D eigenvalue weighted by Crippen LogP contribution is 2.29. The van der Waals surface area contributed by atoms with E-state index in [1.54, 1.807) is 26.8 Å². The summed E-state index contributed by atoms with van der Waals surface area (Å²) in [6.45, 7) is 7.25. The van der Waals surface area contributed by atoms with Crippen molar-refractivity contribution >= 4 is 28.2 Å². The van der Waals surface area contributed by atoms with Gasteiger partial charge in [-0.05, 0) is 33.3 Å². The van der Waals surface area contributed by atoms with Gasteiger partial charge in [0.1, 0.15) is 5.00 Å². The van der Waals surface area contributed by atoms with E-state index in [1.165, 1.54) is 11.3 Å². The standard InChI is InChI=1S/C13H20N2O3S/c1-5-8-7-9(11(16)18-6-2)10(19-8)15-12(17)13(3,4)14/h7H,5-6,14H2,1-4H3,(H,15,17). The molecule has 0 atom stereocenters. The molecule has 0 saturated heterocycles. The molecule has 0 spiro atoms. The monoisotopic (exact) mass is 284 g/mol. The van der Waals surface area contributed by atoms with Gasteiger partial charge in [-0.25, -0.2) is 4.79 Å². The van der Waals surface area contributed by atoms with Crippen LogP contribution in [0.5, 0.6) is 0 Å². The smallest absolute Gasteiger partial charge is 0.341 e. The predicted octanol–water partition coefficient (Wildman–Crippen LogP) is 2.16. The van der Waals surface area contributed by atoms with Gasteiger partial charge in [-0.2, -0.15) is 0 Å². The van der Waals surface area contributed by atoms with E-state index in [4.69, 9.17) is 10.5 Å². The summed E-state index contributed by atoms with van der Waals surface area (Å²) in [5.41, 5.74) is 5.12. The maximum absolute atomic E-state index is 11.9. The van der Waals surface area contributed by atoms with Crippen molar-refractivity contribution in [1.29, 1.82) is 0 Å². The highest BCUT2D eigenvalue weighted by Gasteiger charge is 2.25. The lowest BCUT2D eigenvalue weighted by Gasteiger charge is -2.17. The second kappa shape index (κ2) is 6.16. The van der Waals surface area contributed by atoms with Crippen LogP contribution >= 0.6 is 11.3 Å². The van der Waals surface area contributed by atoms with E-state index < -0.39 is 11.5 Å². The van der Waals surface area contributed by atoms with Crippen LogP contribution in [0.2, 0.25) is 0 Å². The molecule has 5 nitrogen and oxygen atoms in total. The molecule has 19 heavy (non-hydrogen) atoms. The van der Waals surface area contributed by atoms with Crippen molar-refractivity contribution in [2.45, 2.75) is 39.7 Å². The molecule has 0 aliphatic carbocycles. The van der Waals surface area contributed by atoms with Gasteiger partial charge in [0.25, 0.3) is 0 Å². The zero-order valence-electron chi connectivity index (χ0n) is 11.7. The van der Waals surface area contributed by atoms with Crippen LogP contribution in [-0.4, -0.2) is 24.0 Å². The number of esters is 1. The lowest BCUT2D eigenvalue weighted by molar-refractivity contribution is -0.120. The van der Waals surface area contributed by atoms with E-state index in [2.05, 4.69) is 5.32 Å². The molecule has 0 bridgehead atoms. The van der Waals surface area contributed by atoms with E-state index in [9.17, 15) is 9.59 Å². The number of nitrogens with one attached hydrogen (secondary N) is 1. The number of ether oxygens (including phenoxy) is 1. The lowest BCUT2D eigenvalue weighted by Crippen LogP contribution is -2.45. The van der Waals surface area contributed by atoms with E-state index in [1.807, 2.05) is 6.92 Å². The second-order valence-corrected chi connectivity index (χ2v) is 5.84. The fourth-order valence-corrected chi connectivity index (χ4v) is 2.31. The Labute approximate surface area is 117 Å². The van der Waals surface area contributed by atoms with Crippen LogP contribution in [-0.2, 0) is 16.0 Å². The van der Waals surface area contributed by atoms with Gasteiger partial charge < -0.3 is 15.8 Å². The fourth-order valence-electron chi connectivity index (χ4n) is 1.33. The molecule has 0 aliphatic rings. The van der Waals surface area contributed by atoms with Crippen molar-refractivity contribution in [1.82, 2.24) is 0 Å². The molecule has 0 unspecified atom stereocenters. The molecule has 6 heteroatoms. The Morgan fingerprint density at radius 3 is 2.53 bits per heavy atom. The van der Waals surface area contributed by atoms with E-state index in [0.29, 0.717) is 17.2 Å². The molecular weight excluding hydrogens is 264 g/mol. The minimum Gasteiger partial charge on any atom is -0.462 e. The molecule has 1 aromatic rings. The number of nitrogens with two attached hydrogens (primary N) is 1. The molecule has 1 rings (SSSR count). The number of carbonyl (C=O) groups is 2. The number of thiophene rings is 1. The third-order valence-electron chi connectivity index (χ3n) is 2.44. The van der Waals surface area contributed by atoms with E-state index >= 15 is 0 Å². The largest absolute Gasteiger partial charge is 0.462 e. The number of hydrogen-bond acceptors (Lipinski definition) is 5. The molecule has 0 radical (unpaired) electrons. The van der Waals surface area contributed by atoms with Gasteiger partial charge in [-0.15, -0.1) is 11.3 Å². The van der Waals surface area contributed by atoms with Crippen molar-refractivity contribution in [2.75, 3.05) is 11.9 Å². The van der Waals surface area contributed by atoms with Crippen LogP contribution in [0.4, 0.5) is 5.00 Å². The molecule has 1 heterocycles. The summed E-state index contributed by atoms with van der Waals surface area (Å²) < 4.78 is 4.98. The SMILES string of the molecule is CCOC(=O)c1cc(CC)sc1NC(=O)C(C)(C)N. The summed E-state index contributed by atoms with van der Waals surface area (Å²) >= 11 is 1.37.